The Bertz CT molecular complexity index is 954. The first-order chi connectivity index (χ1) is 14.9. The minimum atomic E-state index is -0.776. The quantitative estimate of drug-likeness (QED) is 0.362. The molecule has 0 aliphatic carbocycles. The lowest BCUT2D eigenvalue weighted by molar-refractivity contribution is -0.384. The van der Waals surface area contributed by atoms with E-state index in [1.54, 1.807) is 32.4 Å². The van der Waals surface area contributed by atoms with Gasteiger partial charge in [-0.2, -0.15) is 0 Å². The molecule has 1 fully saturated rings. The van der Waals surface area contributed by atoms with E-state index < -0.39 is 17.5 Å². The van der Waals surface area contributed by atoms with Crippen LogP contribution in [0.1, 0.15) is 28.8 Å². The van der Waals surface area contributed by atoms with Gasteiger partial charge in [-0.15, -0.1) is 0 Å². The smallest absolute Gasteiger partial charge is 0.338 e. The lowest BCUT2D eigenvalue weighted by atomic mass is 10.1. The Morgan fingerprint density at radius 1 is 1.13 bits per heavy atom. The number of carbonyl (C=O) groups is 2. The molecule has 1 aliphatic rings. The molecule has 1 aliphatic heterocycles. The van der Waals surface area contributed by atoms with E-state index in [0.717, 1.165) is 37.2 Å². The van der Waals surface area contributed by atoms with Crippen molar-refractivity contribution in [2.45, 2.75) is 19.4 Å². The summed E-state index contributed by atoms with van der Waals surface area (Å²) in [5.41, 5.74) is 1.30. The highest BCUT2D eigenvalue weighted by Gasteiger charge is 2.24. The zero-order valence-electron chi connectivity index (χ0n) is 17.6. The molecule has 0 radical (unpaired) electrons. The lowest BCUT2D eigenvalue weighted by Crippen LogP contribution is -2.30. The van der Waals surface area contributed by atoms with Gasteiger partial charge in [-0.1, -0.05) is 12.1 Å². The van der Waals surface area contributed by atoms with Gasteiger partial charge in [0.1, 0.15) is 11.4 Å². The number of benzene rings is 2. The number of methoxy groups -OCH3 is 1. The molecule has 1 saturated heterocycles. The fourth-order valence-corrected chi connectivity index (χ4v) is 3.44. The van der Waals surface area contributed by atoms with E-state index >= 15 is 0 Å². The molecule has 9 heteroatoms. The maximum atomic E-state index is 12.4. The number of carbonyl (C=O) groups excluding carboxylic acids is 2. The van der Waals surface area contributed by atoms with Gasteiger partial charge in [0, 0.05) is 32.7 Å². The maximum absolute atomic E-state index is 12.4. The van der Waals surface area contributed by atoms with Crippen molar-refractivity contribution in [3.63, 3.8) is 0 Å². The van der Waals surface area contributed by atoms with E-state index in [-0.39, 0.29) is 17.2 Å². The Hall–Kier alpha value is -3.62. The number of anilines is 1. The van der Waals surface area contributed by atoms with E-state index in [0.29, 0.717) is 12.2 Å². The summed E-state index contributed by atoms with van der Waals surface area (Å²) in [5, 5.41) is 11.5. The van der Waals surface area contributed by atoms with Crippen molar-refractivity contribution in [3.05, 3.63) is 63.7 Å². The van der Waals surface area contributed by atoms with Gasteiger partial charge in [-0.05, 0) is 42.7 Å². The molecule has 2 aromatic rings. The molecular weight excluding hydrogens is 402 g/mol. The molecule has 0 bridgehead atoms. The molecule has 3 rings (SSSR count). The molecular formula is C22H25N3O6. The normalized spacial score (nSPS) is 13.0. The first-order valence-corrected chi connectivity index (χ1v) is 9.96. The lowest BCUT2D eigenvalue weighted by Gasteiger charge is -2.18. The van der Waals surface area contributed by atoms with E-state index in [1.807, 2.05) is 17.0 Å². The summed E-state index contributed by atoms with van der Waals surface area (Å²) >= 11 is 0. The number of esters is 1. The van der Waals surface area contributed by atoms with Crippen LogP contribution in [0.25, 0.3) is 0 Å². The third kappa shape index (κ3) is 5.50. The molecule has 9 nitrogen and oxygen atoms in total. The summed E-state index contributed by atoms with van der Waals surface area (Å²) < 4.78 is 10.2. The van der Waals surface area contributed by atoms with Crippen LogP contribution in [0.4, 0.5) is 11.4 Å². The van der Waals surface area contributed by atoms with Crippen molar-refractivity contribution in [2.75, 3.05) is 38.8 Å². The minimum absolute atomic E-state index is 0.0419. The van der Waals surface area contributed by atoms with Crippen molar-refractivity contribution >= 4 is 23.3 Å². The average Bonchev–Trinajstić information content (AvgIpc) is 3.32. The van der Waals surface area contributed by atoms with Crippen LogP contribution >= 0.6 is 0 Å². The zero-order chi connectivity index (χ0) is 22.4. The van der Waals surface area contributed by atoms with Gasteiger partial charge < -0.3 is 19.3 Å². The molecule has 1 amide bonds. The SMILES string of the molecule is COc1ccc(CN(C)C(=O)COC(=O)c2ccc(N3CCCC3)c([N+](=O)[O-])c2)cc1. The Morgan fingerprint density at radius 2 is 1.81 bits per heavy atom. The van der Waals surface area contributed by atoms with Crippen LogP contribution in [-0.2, 0) is 16.1 Å². The largest absolute Gasteiger partial charge is 0.497 e. The van der Waals surface area contributed by atoms with Crippen LogP contribution in [0.5, 0.6) is 5.75 Å². The topological polar surface area (TPSA) is 102 Å². The van der Waals surface area contributed by atoms with Crippen molar-refractivity contribution < 1.29 is 24.0 Å². The van der Waals surface area contributed by atoms with Crippen LogP contribution in [0.3, 0.4) is 0 Å². The van der Waals surface area contributed by atoms with Crippen molar-refractivity contribution in [2.24, 2.45) is 0 Å². The summed E-state index contributed by atoms with van der Waals surface area (Å²) in [6.45, 7) is 1.39. The molecule has 31 heavy (non-hydrogen) atoms. The third-order valence-electron chi connectivity index (χ3n) is 5.19. The number of rotatable bonds is 8. The van der Waals surface area contributed by atoms with E-state index in [4.69, 9.17) is 9.47 Å². The monoisotopic (exact) mass is 427 g/mol. The summed E-state index contributed by atoms with van der Waals surface area (Å²) in [6.07, 6.45) is 1.96. The van der Waals surface area contributed by atoms with Crippen LogP contribution in [0.15, 0.2) is 42.5 Å². The highest BCUT2D eigenvalue weighted by Crippen LogP contribution is 2.31. The van der Waals surface area contributed by atoms with Crippen LogP contribution < -0.4 is 9.64 Å². The van der Waals surface area contributed by atoms with Gasteiger partial charge in [-0.25, -0.2) is 4.79 Å². The summed E-state index contributed by atoms with van der Waals surface area (Å²) in [5.74, 6) is -0.439. The number of hydrogen-bond donors (Lipinski definition) is 0. The molecule has 0 spiro atoms. The van der Waals surface area contributed by atoms with Crippen LogP contribution in [0.2, 0.25) is 0 Å². The molecule has 0 atom stereocenters. The van der Waals surface area contributed by atoms with Gasteiger partial charge in [0.2, 0.25) is 0 Å². The van der Waals surface area contributed by atoms with Crippen molar-refractivity contribution in [1.82, 2.24) is 4.90 Å². The highest BCUT2D eigenvalue weighted by atomic mass is 16.6. The van der Waals surface area contributed by atoms with Crippen molar-refractivity contribution in [1.29, 1.82) is 0 Å². The number of ether oxygens (including phenoxy) is 2. The summed E-state index contributed by atoms with van der Waals surface area (Å²) in [7, 11) is 3.18. The Labute approximate surface area is 180 Å². The number of hydrogen-bond acceptors (Lipinski definition) is 7. The number of nitro benzene ring substituents is 1. The Morgan fingerprint density at radius 3 is 2.42 bits per heavy atom. The highest BCUT2D eigenvalue weighted by molar-refractivity contribution is 5.93. The van der Waals surface area contributed by atoms with E-state index in [9.17, 15) is 19.7 Å². The molecule has 0 saturated carbocycles. The molecule has 2 aromatic carbocycles. The van der Waals surface area contributed by atoms with Gasteiger partial charge in [-0.3, -0.25) is 14.9 Å². The average molecular weight is 427 g/mol. The fraction of sp³-hybridized carbons (Fsp3) is 0.364. The number of likely N-dealkylation sites (N-methyl/N-ethyl adjacent to an activating group) is 1. The fourth-order valence-electron chi connectivity index (χ4n) is 3.44. The molecule has 164 valence electrons. The van der Waals surface area contributed by atoms with E-state index in [2.05, 4.69) is 0 Å². The molecule has 0 aromatic heterocycles. The second kappa shape index (κ2) is 9.92. The number of nitro groups is 1. The Kier molecular flexibility index (Phi) is 7.07. The van der Waals surface area contributed by atoms with Crippen LogP contribution in [-0.4, -0.2) is 55.6 Å². The number of nitrogens with zero attached hydrogens (tertiary/aromatic N) is 3. The van der Waals surface area contributed by atoms with E-state index in [1.165, 1.54) is 17.0 Å². The first kappa shape index (κ1) is 22.1. The summed E-state index contributed by atoms with van der Waals surface area (Å²) in [6, 6.07) is 11.6. The maximum Gasteiger partial charge on any atom is 0.338 e. The standard InChI is InChI=1S/C22H25N3O6/c1-23(14-16-5-8-18(30-2)9-6-16)21(26)15-31-22(27)17-7-10-19(20(13-17)25(28)29)24-11-3-4-12-24/h5-10,13H,3-4,11-12,14-15H2,1-2H3. The van der Waals surface area contributed by atoms with Gasteiger partial charge in [0.05, 0.1) is 17.6 Å². The Balaban J connectivity index is 1.59. The second-order valence-electron chi connectivity index (χ2n) is 7.33. The first-order valence-electron chi connectivity index (χ1n) is 9.96. The molecule has 0 N–H and O–H groups in total. The van der Waals surface area contributed by atoms with Crippen LogP contribution in [0, 0.1) is 10.1 Å². The summed E-state index contributed by atoms with van der Waals surface area (Å²) in [4.78, 5) is 39.0. The number of amides is 1. The third-order valence-corrected chi connectivity index (χ3v) is 5.19. The predicted octanol–water partition coefficient (Wildman–Crippen LogP) is 3.02. The van der Waals surface area contributed by atoms with Gasteiger partial charge in [0.25, 0.3) is 11.6 Å². The van der Waals surface area contributed by atoms with Crippen molar-refractivity contribution in [3.8, 4) is 5.75 Å². The zero-order valence-corrected chi connectivity index (χ0v) is 17.6. The van der Waals surface area contributed by atoms with Gasteiger partial charge in [0.15, 0.2) is 6.61 Å². The molecule has 1 heterocycles. The second-order valence-corrected chi connectivity index (χ2v) is 7.33. The predicted molar refractivity (Wildman–Crippen MR) is 114 cm³/mol. The minimum Gasteiger partial charge on any atom is -0.497 e. The molecule has 0 unspecified atom stereocenters. The van der Waals surface area contributed by atoms with Gasteiger partial charge >= 0.3 is 5.97 Å².